The van der Waals surface area contributed by atoms with Crippen LogP contribution in [0, 0.1) is 11.2 Å². The van der Waals surface area contributed by atoms with Crippen molar-refractivity contribution >= 4 is 5.91 Å². The van der Waals surface area contributed by atoms with Crippen LogP contribution in [0.25, 0.3) is 0 Å². The van der Waals surface area contributed by atoms with E-state index in [-0.39, 0.29) is 5.41 Å². The zero-order valence-corrected chi connectivity index (χ0v) is 11.7. The predicted octanol–water partition coefficient (Wildman–Crippen LogP) is 4.15. The summed E-state index contributed by atoms with van der Waals surface area (Å²) in [5.41, 5.74) is -1.95. The van der Waals surface area contributed by atoms with Gasteiger partial charge in [-0.1, -0.05) is 19.4 Å². The standard InChI is InChI=1S/C15H17F4NO/c1-2-14(7-4-8-14)9-20-13(21)10-5-3-6-11(12(10)16)15(17,18)19/h3,5-6H,2,4,7-9H2,1H3,(H,20,21). The fourth-order valence-corrected chi connectivity index (χ4v) is 2.62. The van der Waals surface area contributed by atoms with Crippen LogP contribution in [0.15, 0.2) is 18.2 Å². The number of nitrogens with one attached hydrogen (secondary N) is 1. The van der Waals surface area contributed by atoms with Gasteiger partial charge in [0.15, 0.2) is 0 Å². The Morgan fingerprint density at radius 3 is 2.48 bits per heavy atom. The molecule has 1 amide bonds. The summed E-state index contributed by atoms with van der Waals surface area (Å²) < 4.78 is 51.7. The van der Waals surface area contributed by atoms with Gasteiger partial charge in [0.05, 0.1) is 11.1 Å². The molecule has 2 rings (SSSR count). The third-order valence-electron chi connectivity index (χ3n) is 4.34. The van der Waals surface area contributed by atoms with E-state index in [1.807, 2.05) is 6.92 Å². The second-order valence-corrected chi connectivity index (χ2v) is 5.55. The van der Waals surface area contributed by atoms with Crippen molar-refractivity contribution in [2.45, 2.75) is 38.8 Å². The molecule has 1 aromatic carbocycles. The van der Waals surface area contributed by atoms with Crippen LogP contribution in [0.3, 0.4) is 0 Å². The minimum absolute atomic E-state index is 0.0216. The van der Waals surface area contributed by atoms with Crippen LogP contribution in [0.5, 0.6) is 0 Å². The Morgan fingerprint density at radius 1 is 1.33 bits per heavy atom. The van der Waals surface area contributed by atoms with E-state index in [2.05, 4.69) is 5.32 Å². The lowest BCUT2D eigenvalue weighted by Crippen LogP contribution is -2.42. The first kappa shape index (κ1) is 15.8. The molecule has 0 bridgehead atoms. The van der Waals surface area contributed by atoms with Gasteiger partial charge in [-0.05, 0) is 36.8 Å². The van der Waals surface area contributed by atoms with Gasteiger partial charge in [0.1, 0.15) is 5.82 Å². The first-order chi connectivity index (χ1) is 9.79. The lowest BCUT2D eigenvalue weighted by molar-refractivity contribution is -0.140. The molecule has 6 heteroatoms. The maximum Gasteiger partial charge on any atom is 0.419 e. The van der Waals surface area contributed by atoms with Crippen LogP contribution >= 0.6 is 0 Å². The summed E-state index contributed by atoms with van der Waals surface area (Å²) in [6, 6.07) is 2.74. The Hall–Kier alpha value is -1.59. The molecular formula is C15H17F4NO. The monoisotopic (exact) mass is 303 g/mol. The number of carbonyl (C=O) groups is 1. The first-order valence-electron chi connectivity index (χ1n) is 6.93. The molecule has 0 saturated heterocycles. The van der Waals surface area contributed by atoms with E-state index in [1.54, 1.807) is 0 Å². The van der Waals surface area contributed by atoms with Gasteiger partial charge >= 0.3 is 6.18 Å². The van der Waals surface area contributed by atoms with Crippen LogP contribution in [0.1, 0.15) is 48.5 Å². The van der Waals surface area contributed by atoms with Crippen LogP contribution in [0.2, 0.25) is 0 Å². The number of alkyl halides is 3. The van der Waals surface area contributed by atoms with Crippen LogP contribution in [0.4, 0.5) is 17.6 Å². The third-order valence-corrected chi connectivity index (χ3v) is 4.34. The molecule has 1 N–H and O–H groups in total. The summed E-state index contributed by atoms with van der Waals surface area (Å²) in [5.74, 6) is -2.31. The highest BCUT2D eigenvalue weighted by atomic mass is 19.4. The summed E-state index contributed by atoms with van der Waals surface area (Å²) in [6.45, 7) is 2.38. The molecule has 1 fully saturated rings. The maximum absolute atomic E-state index is 13.8. The Morgan fingerprint density at radius 2 is 2.00 bits per heavy atom. The molecule has 1 aromatic rings. The number of carbonyl (C=O) groups excluding carboxylic acids is 1. The van der Waals surface area contributed by atoms with Crippen molar-refractivity contribution in [1.82, 2.24) is 5.32 Å². The zero-order chi connectivity index (χ0) is 15.7. The number of hydrogen-bond acceptors (Lipinski definition) is 1. The van der Waals surface area contributed by atoms with Crippen molar-refractivity contribution in [1.29, 1.82) is 0 Å². The fraction of sp³-hybridized carbons (Fsp3) is 0.533. The van der Waals surface area contributed by atoms with Gasteiger partial charge in [0.25, 0.3) is 5.91 Å². The van der Waals surface area contributed by atoms with E-state index in [0.717, 1.165) is 37.8 Å². The highest BCUT2D eigenvalue weighted by molar-refractivity contribution is 5.94. The van der Waals surface area contributed by atoms with Gasteiger partial charge < -0.3 is 5.32 Å². The summed E-state index contributed by atoms with van der Waals surface area (Å²) in [6.07, 6.45) is -0.872. The van der Waals surface area contributed by atoms with Gasteiger partial charge in [-0.25, -0.2) is 4.39 Å². The van der Waals surface area contributed by atoms with Crippen molar-refractivity contribution in [3.63, 3.8) is 0 Å². The third kappa shape index (κ3) is 3.19. The lowest BCUT2D eigenvalue weighted by Gasteiger charge is -2.41. The van der Waals surface area contributed by atoms with Gasteiger partial charge in [0, 0.05) is 6.54 Å². The first-order valence-corrected chi connectivity index (χ1v) is 6.93. The summed E-state index contributed by atoms with van der Waals surface area (Å²) in [5, 5.41) is 2.57. The van der Waals surface area contributed by atoms with E-state index >= 15 is 0 Å². The molecular weight excluding hydrogens is 286 g/mol. The van der Waals surface area contributed by atoms with Crippen molar-refractivity contribution in [3.05, 3.63) is 35.1 Å². The second-order valence-electron chi connectivity index (χ2n) is 5.55. The number of amides is 1. The normalized spacial score (nSPS) is 17.2. The largest absolute Gasteiger partial charge is 0.419 e. The van der Waals surface area contributed by atoms with Crippen molar-refractivity contribution in [2.75, 3.05) is 6.54 Å². The molecule has 1 aliphatic carbocycles. The van der Waals surface area contributed by atoms with Crippen molar-refractivity contribution in [2.24, 2.45) is 5.41 Å². The number of benzene rings is 1. The molecule has 2 nitrogen and oxygen atoms in total. The smallest absolute Gasteiger partial charge is 0.351 e. The molecule has 0 heterocycles. The van der Waals surface area contributed by atoms with Crippen LogP contribution in [-0.2, 0) is 6.18 Å². The molecule has 0 atom stereocenters. The average Bonchev–Trinajstić information content (AvgIpc) is 2.36. The summed E-state index contributed by atoms with van der Waals surface area (Å²) >= 11 is 0. The quantitative estimate of drug-likeness (QED) is 0.832. The fourth-order valence-electron chi connectivity index (χ4n) is 2.62. The van der Waals surface area contributed by atoms with E-state index in [0.29, 0.717) is 12.6 Å². The van der Waals surface area contributed by atoms with E-state index in [9.17, 15) is 22.4 Å². The molecule has 1 saturated carbocycles. The molecule has 1 aliphatic rings. The summed E-state index contributed by atoms with van der Waals surface area (Å²) in [7, 11) is 0. The number of hydrogen-bond donors (Lipinski definition) is 1. The van der Waals surface area contributed by atoms with E-state index in [4.69, 9.17) is 0 Å². The van der Waals surface area contributed by atoms with Crippen molar-refractivity contribution in [3.8, 4) is 0 Å². The summed E-state index contributed by atoms with van der Waals surface area (Å²) in [4.78, 5) is 11.9. The van der Waals surface area contributed by atoms with Crippen LogP contribution in [-0.4, -0.2) is 12.5 Å². The average molecular weight is 303 g/mol. The van der Waals surface area contributed by atoms with Crippen LogP contribution < -0.4 is 5.32 Å². The van der Waals surface area contributed by atoms with Gasteiger partial charge in [-0.2, -0.15) is 13.2 Å². The lowest BCUT2D eigenvalue weighted by atomic mass is 9.67. The Kier molecular flexibility index (Phi) is 4.25. The SMILES string of the molecule is CCC1(CNC(=O)c2cccc(C(F)(F)F)c2F)CCC1. The zero-order valence-electron chi connectivity index (χ0n) is 11.7. The topological polar surface area (TPSA) is 29.1 Å². The molecule has 116 valence electrons. The Balaban J connectivity index is 2.13. The van der Waals surface area contributed by atoms with E-state index < -0.39 is 29.0 Å². The Bertz CT molecular complexity index is 529. The molecule has 0 aromatic heterocycles. The number of rotatable bonds is 4. The van der Waals surface area contributed by atoms with Gasteiger partial charge in [-0.15, -0.1) is 0 Å². The highest BCUT2D eigenvalue weighted by Crippen LogP contribution is 2.43. The minimum Gasteiger partial charge on any atom is -0.351 e. The number of halogens is 4. The molecule has 0 unspecified atom stereocenters. The van der Waals surface area contributed by atoms with Crippen molar-refractivity contribution < 1.29 is 22.4 Å². The predicted molar refractivity (Wildman–Crippen MR) is 70.3 cm³/mol. The molecule has 0 spiro atoms. The highest BCUT2D eigenvalue weighted by Gasteiger charge is 2.37. The van der Waals surface area contributed by atoms with Gasteiger partial charge in [0.2, 0.25) is 0 Å². The maximum atomic E-state index is 13.8. The Labute approximate surface area is 120 Å². The molecule has 21 heavy (non-hydrogen) atoms. The molecule has 0 radical (unpaired) electrons. The molecule has 0 aliphatic heterocycles. The second kappa shape index (κ2) is 5.66. The minimum atomic E-state index is -4.81. The van der Waals surface area contributed by atoms with Gasteiger partial charge in [-0.3, -0.25) is 4.79 Å². The van der Waals surface area contributed by atoms with E-state index in [1.165, 1.54) is 0 Å².